The summed E-state index contributed by atoms with van der Waals surface area (Å²) in [5.74, 6) is -0.841. The van der Waals surface area contributed by atoms with E-state index in [9.17, 15) is 9.18 Å². The molecule has 0 spiro atoms. The van der Waals surface area contributed by atoms with E-state index in [1.165, 1.54) is 12.1 Å². The SMILES string of the molecule is CC(Oc1ccccc1F)C(=O)Nc1cccc(Cl)c1. The Labute approximate surface area is 121 Å². The zero-order valence-corrected chi connectivity index (χ0v) is 11.5. The lowest BCUT2D eigenvalue weighted by Crippen LogP contribution is -2.30. The molecule has 0 aliphatic heterocycles. The van der Waals surface area contributed by atoms with Gasteiger partial charge in [-0.3, -0.25) is 4.79 Å². The van der Waals surface area contributed by atoms with Crippen LogP contribution in [-0.4, -0.2) is 12.0 Å². The van der Waals surface area contributed by atoms with Crippen molar-refractivity contribution in [3.8, 4) is 5.75 Å². The molecule has 0 saturated carbocycles. The minimum Gasteiger partial charge on any atom is -0.478 e. The number of halogens is 2. The summed E-state index contributed by atoms with van der Waals surface area (Å²) < 4.78 is 18.7. The second-order valence-corrected chi connectivity index (χ2v) is 4.63. The first kappa shape index (κ1) is 14.3. The molecule has 0 aliphatic rings. The van der Waals surface area contributed by atoms with Gasteiger partial charge in [0.25, 0.3) is 5.91 Å². The summed E-state index contributed by atoms with van der Waals surface area (Å²) in [4.78, 5) is 11.9. The predicted molar refractivity (Wildman–Crippen MR) is 76.6 cm³/mol. The van der Waals surface area contributed by atoms with E-state index in [0.29, 0.717) is 10.7 Å². The Morgan fingerprint density at radius 3 is 2.70 bits per heavy atom. The topological polar surface area (TPSA) is 38.3 Å². The highest BCUT2D eigenvalue weighted by molar-refractivity contribution is 6.30. The average molecular weight is 294 g/mol. The minimum absolute atomic E-state index is 0.0428. The molecular weight excluding hydrogens is 281 g/mol. The van der Waals surface area contributed by atoms with Gasteiger partial charge in [0.05, 0.1) is 0 Å². The molecule has 104 valence electrons. The van der Waals surface area contributed by atoms with Crippen LogP contribution >= 0.6 is 11.6 Å². The molecule has 0 saturated heterocycles. The smallest absolute Gasteiger partial charge is 0.265 e. The van der Waals surface area contributed by atoms with Crippen molar-refractivity contribution in [2.24, 2.45) is 0 Å². The van der Waals surface area contributed by atoms with Crippen molar-refractivity contribution in [1.29, 1.82) is 0 Å². The second-order valence-electron chi connectivity index (χ2n) is 4.19. The molecule has 1 amide bonds. The van der Waals surface area contributed by atoms with E-state index in [2.05, 4.69) is 5.32 Å². The average Bonchev–Trinajstić information content (AvgIpc) is 2.41. The highest BCUT2D eigenvalue weighted by atomic mass is 35.5. The number of benzene rings is 2. The maximum absolute atomic E-state index is 13.4. The van der Waals surface area contributed by atoms with Crippen molar-refractivity contribution in [3.63, 3.8) is 0 Å². The van der Waals surface area contributed by atoms with E-state index < -0.39 is 11.9 Å². The van der Waals surface area contributed by atoms with Crippen LogP contribution in [-0.2, 0) is 4.79 Å². The van der Waals surface area contributed by atoms with E-state index in [-0.39, 0.29) is 11.7 Å². The molecule has 2 aromatic rings. The van der Waals surface area contributed by atoms with Crippen LogP contribution in [0.5, 0.6) is 5.75 Å². The zero-order chi connectivity index (χ0) is 14.5. The van der Waals surface area contributed by atoms with E-state index in [0.717, 1.165) is 0 Å². The van der Waals surface area contributed by atoms with Crippen LogP contribution in [0, 0.1) is 5.82 Å². The number of amides is 1. The third-order valence-corrected chi connectivity index (χ3v) is 2.84. The molecule has 1 atom stereocenters. The molecule has 0 fully saturated rings. The maximum atomic E-state index is 13.4. The van der Waals surface area contributed by atoms with Gasteiger partial charge in [-0.25, -0.2) is 4.39 Å². The Morgan fingerprint density at radius 2 is 2.00 bits per heavy atom. The third kappa shape index (κ3) is 3.71. The molecule has 1 N–H and O–H groups in total. The second kappa shape index (κ2) is 6.39. The van der Waals surface area contributed by atoms with Crippen LogP contribution < -0.4 is 10.1 Å². The Morgan fingerprint density at radius 1 is 1.25 bits per heavy atom. The molecule has 0 radical (unpaired) electrons. The monoisotopic (exact) mass is 293 g/mol. The van der Waals surface area contributed by atoms with Crippen molar-refractivity contribution < 1.29 is 13.9 Å². The highest BCUT2D eigenvalue weighted by Crippen LogP contribution is 2.18. The number of para-hydroxylation sites is 1. The van der Waals surface area contributed by atoms with E-state index >= 15 is 0 Å². The van der Waals surface area contributed by atoms with Gasteiger partial charge in [-0.2, -0.15) is 0 Å². The number of rotatable bonds is 4. The molecule has 2 rings (SSSR count). The normalized spacial score (nSPS) is 11.8. The molecule has 0 heterocycles. The molecule has 2 aromatic carbocycles. The minimum atomic E-state index is -0.828. The van der Waals surface area contributed by atoms with Gasteiger partial charge in [-0.15, -0.1) is 0 Å². The molecule has 3 nitrogen and oxygen atoms in total. The molecule has 0 bridgehead atoms. The summed E-state index contributed by atoms with van der Waals surface area (Å²) in [6.45, 7) is 1.55. The number of ether oxygens (including phenoxy) is 1. The Balaban J connectivity index is 2.01. The Kier molecular flexibility index (Phi) is 4.58. The number of carbonyl (C=O) groups is 1. The van der Waals surface area contributed by atoms with Crippen molar-refractivity contribution in [3.05, 3.63) is 59.4 Å². The van der Waals surface area contributed by atoms with Crippen LogP contribution in [0.2, 0.25) is 5.02 Å². The van der Waals surface area contributed by atoms with Crippen LogP contribution in [0.4, 0.5) is 10.1 Å². The van der Waals surface area contributed by atoms with Gasteiger partial charge in [0.1, 0.15) is 0 Å². The number of hydrogen-bond donors (Lipinski definition) is 1. The predicted octanol–water partition coefficient (Wildman–Crippen LogP) is 3.89. The Hall–Kier alpha value is -2.07. The first-order chi connectivity index (χ1) is 9.56. The lowest BCUT2D eigenvalue weighted by molar-refractivity contribution is -0.122. The van der Waals surface area contributed by atoms with Gasteiger partial charge in [0, 0.05) is 10.7 Å². The van der Waals surface area contributed by atoms with Gasteiger partial charge in [-0.05, 0) is 37.3 Å². The number of nitrogens with one attached hydrogen (secondary N) is 1. The van der Waals surface area contributed by atoms with Gasteiger partial charge < -0.3 is 10.1 Å². The quantitative estimate of drug-likeness (QED) is 0.929. The van der Waals surface area contributed by atoms with E-state index in [4.69, 9.17) is 16.3 Å². The Bertz CT molecular complexity index is 618. The summed E-state index contributed by atoms with van der Waals surface area (Å²) >= 11 is 5.83. The summed E-state index contributed by atoms with van der Waals surface area (Å²) in [5.41, 5.74) is 0.562. The standard InChI is InChI=1S/C15H13ClFNO2/c1-10(20-14-8-3-2-7-13(14)17)15(19)18-12-6-4-5-11(16)9-12/h2-10H,1H3,(H,18,19). The molecule has 5 heteroatoms. The summed E-state index contributed by atoms with van der Waals surface area (Å²) in [6, 6.07) is 12.7. The van der Waals surface area contributed by atoms with Gasteiger partial charge in [0.2, 0.25) is 0 Å². The first-order valence-electron chi connectivity index (χ1n) is 6.04. The van der Waals surface area contributed by atoms with E-state index in [1.807, 2.05) is 0 Å². The van der Waals surface area contributed by atoms with E-state index in [1.54, 1.807) is 43.3 Å². The van der Waals surface area contributed by atoms with Gasteiger partial charge in [0.15, 0.2) is 17.7 Å². The fraction of sp³-hybridized carbons (Fsp3) is 0.133. The van der Waals surface area contributed by atoms with Gasteiger partial charge >= 0.3 is 0 Å². The molecule has 0 aliphatic carbocycles. The van der Waals surface area contributed by atoms with Crippen LogP contribution in [0.25, 0.3) is 0 Å². The lowest BCUT2D eigenvalue weighted by Gasteiger charge is -2.15. The zero-order valence-electron chi connectivity index (χ0n) is 10.8. The fourth-order valence-corrected chi connectivity index (χ4v) is 1.78. The van der Waals surface area contributed by atoms with Crippen LogP contribution in [0.1, 0.15) is 6.92 Å². The fourth-order valence-electron chi connectivity index (χ4n) is 1.59. The van der Waals surface area contributed by atoms with Crippen molar-refractivity contribution in [1.82, 2.24) is 0 Å². The van der Waals surface area contributed by atoms with Crippen molar-refractivity contribution in [2.45, 2.75) is 13.0 Å². The summed E-state index contributed by atoms with van der Waals surface area (Å²) in [5, 5.41) is 3.17. The summed E-state index contributed by atoms with van der Waals surface area (Å²) in [7, 11) is 0. The maximum Gasteiger partial charge on any atom is 0.265 e. The van der Waals surface area contributed by atoms with Gasteiger partial charge in [-0.1, -0.05) is 29.8 Å². The van der Waals surface area contributed by atoms with Crippen molar-refractivity contribution >= 4 is 23.2 Å². The molecular formula is C15H13ClFNO2. The molecule has 1 unspecified atom stereocenters. The number of hydrogen-bond acceptors (Lipinski definition) is 2. The highest BCUT2D eigenvalue weighted by Gasteiger charge is 2.16. The largest absolute Gasteiger partial charge is 0.478 e. The number of anilines is 1. The molecule has 0 aromatic heterocycles. The number of carbonyl (C=O) groups excluding carboxylic acids is 1. The third-order valence-electron chi connectivity index (χ3n) is 2.60. The van der Waals surface area contributed by atoms with Crippen LogP contribution in [0.3, 0.4) is 0 Å². The molecule has 20 heavy (non-hydrogen) atoms. The van der Waals surface area contributed by atoms with Crippen LogP contribution in [0.15, 0.2) is 48.5 Å². The summed E-state index contributed by atoms with van der Waals surface area (Å²) in [6.07, 6.45) is -0.828. The van der Waals surface area contributed by atoms with Crippen molar-refractivity contribution in [2.75, 3.05) is 5.32 Å². The first-order valence-corrected chi connectivity index (χ1v) is 6.41. The lowest BCUT2D eigenvalue weighted by atomic mass is 10.3.